The molecule has 8 bridgehead atoms. The van der Waals surface area contributed by atoms with E-state index in [4.69, 9.17) is 19.4 Å². The fraction of sp³-hybridized carbons (Fsp3) is 0.471. The fourth-order valence-corrected chi connectivity index (χ4v) is 6.12. The molecule has 0 saturated carbocycles. The summed E-state index contributed by atoms with van der Waals surface area (Å²) in [6, 6.07) is 7.77. The van der Waals surface area contributed by atoms with Crippen LogP contribution in [-0.2, 0) is 46.0 Å². The molecule has 8 heteroatoms. The van der Waals surface area contributed by atoms with Gasteiger partial charge in [-0.15, -0.1) is 0 Å². The zero-order valence-corrected chi connectivity index (χ0v) is 26.1. The van der Waals surface area contributed by atoms with Crippen molar-refractivity contribution in [1.29, 1.82) is 0 Å². The van der Waals surface area contributed by atoms with E-state index in [2.05, 4.69) is 51.5 Å². The molecule has 0 unspecified atom stereocenters. The maximum Gasteiger partial charge on any atom is 0.340 e. The molecule has 5 rings (SSSR count). The van der Waals surface area contributed by atoms with Gasteiger partial charge in [0, 0.05) is 57.5 Å². The summed E-state index contributed by atoms with van der Waals surface area (Å²) < 4.78 is 10.9. The van der Waals surface area contributed by atoms with Gasteiger partial charge in [-0.2, -0.15) is 0 Å². The normalized spacial score (nSPS) is 15.4. The van der Waals surface area contributed by atoms with Crippen molar-refractivity contribution in [2.24, 2.45) is 0 Å². The SMILES string of the molecule is CCOC(=O)c1cc2[nH]c1cc1nc(c(CC)c3cc(C(=O)OCC)c(cc4nc(c2CC)CC4(C)C)[nH]3)CC1(C)C. The Hall–Kier alpha value is -3.94. The van der Waals surface area contributed by atoms with Crippen LogP contribution in [0.4, 0.5) is 0 Å². The molecule has 0 aliphatic carbocycles. The van der Waals surface area contributed by atoms with Gasteiger partial charge in [0.15, 0.2) is 0 Å². The van der Waals surface area contributed by atoms with Crippen molar-refractivity contribution in [2.75, 3.05) is 13.2 Å². The standard InChI is InChI=1S/C34H42N4O4/c1-9-19-23-13-21(31(39)41-11-3)25(35-23)15-30-34(7,8)18-28(38-30)20(10-2)24-14-22(32(40)42-12-4)26(36-24)16-29-33(5,6)17-27(19)37-29/h13-16,35-36H,9-12,17-18H2,1-8H3. The monoisotopic (exact) mass is 570 g/mol. The van der Waals surface area contributed by atoms with Gasteiger partial charge >= 0.3 is 11.9 Å². The number of hydrogen-bond donors (Lipinski definition) is 2. The molecular formula is C34H42N4O4. The van der Waals surface area contributed by atoms with Gasteiger partial charge in [-0.05, 0) is 62.1 Å². The highest BCUT2D eigenvalue weighted by Crippen LogP contribution is 2.36. The molecule has 5 heterocycles. The Morgan fingerprint density at radius 1 is 0.667 bits per heavy atom. The lowest BCUT2D eigenvalue weighted by atomic mass is 9.86. The van der Waals surface area contributed by atoms with Crippen LogP contribution >= 0.6 is 0 Å². The van der Waals surface area contributed by atoms with E-state index in [1.807, 2.05) is 38.1 Å². The number of rotatable bonds is 6. The average Bonchev–Trinajstić information content (AvgIpc) is 3.66. The van der Waals surface area contributed by atoms with Crippen molar-refractivity contribution in [3.8, 4) is 0 Å². The minimum Gasteiger partial charge on any atom is -0.462 e. The van der Waals surface area contributed by atoms with Gasteiger partial charge in [0.2, 0.25) is 0 Å². The molecule has 0 amide bonds. The molecule has 0 saturated heterocycles. The van der Waals surface area contributed by atoms with Crippen molar-refractivity contribution >= 4 is 34.0 Å². The number of esters is 2. The number of aromatic nitrogens is 4. The second-order valence-corrected chi connectivity index (χ2v) is 12.4. The molecule has 42 heavy (non-hydrogen) atoms. The van der Waals surface area contributed by atoms with Crippen LogP contribution in [0.2, 0.25) is 0 Å². The predicted molar refractivity (Wildman–Crippen MR) is 165 cm³/mol. The number of carbonyl (C=O) groups excluding carboxylic acids is 2. The van der Waals surface area contributed by atoms with E-state index in [-0.39, 0.29) is 22.8 Å². The molecule has 3 aromatic heterocycles. The quantitative estimate of drug-likeness (QED) is 0.314. The van der Waals surface area contributed by atoms with E-state index < -0.39 is 0 Å². The Bertz CT molecular complexity index is 1600. The van der Waals surface area contributed by atoms with E-state index in [0.29, 0.717) is 35.4 Å². The maximum atomic E-state index is 13.1. The maximum absolute atomic E-state index is 13.1. The van der Waals surface area contributed by atoms with Gasteiger partial charge in [-0.25, -0.2) is 9.59 Å². The molecule has 8 nitrogen and oxygen atoms in total. The van der Waals surface area contributed by atoms with Crippen molar-refractivity contribution in [3.63, 3.8) is 0 Å². The summed E-state index contributed by atoms with van der Waals surface area (Å²) in [5.41, 5.74) is 9.30. The van der Waals surface area contributed by atoms with Gasteiger partial charge in [-0.3, -0.25) is 9.97 Å². The number of fused-ring (bicyclic) bond motifs is 8. The average molecular weight is 571 g/mol. The van der Waals surface area contributed by atoms with Gasteiger partial charge in [0.05, 0.1) is 35.4 Å². The lowest BCUT2D eigenvalue weighted by Gasteiger charge is -2.16. The number of nitrogens with one attached hydrogen (secondary N) is 2. The van der Waals surface area contributed by atoms with Crippen molar-refractivity contribution in [2.45, 2.75) is 91.9 Å². The first-order valence-electron chi connectivity index (χ1n) is 15.0. The van der Waals surface area contributed by atoms with Crippen LogP contribution in [0.3, 0.4) is 0 Å². The van der Waals surface area contributed by atoms with Crippen LogP contribution in [0.5, 0.6) is 0 Å². The van der Waals surface area contributed by atoms with Gasteiger partial charge in [0.1, 0.15) is 0 Å². The first kappa shape index (κ1) is 29.5. The molecule has 0 aromatic carbocycles. The second-order valence-electron chi connectivity index (χ2n) is 12.4. The number of nitrogens with zero attached hydrogens (tertiary/aromatic N) is 2. The van der Waals surface area contributed by atoms with Crippen molar-refractivity contribution in [3.05, 3.63) is 69.3 Å². The highest BCUT2D eigenvalue weighted by atomic mass is 16.5. The van der Waals surface area contributed by atoms with Crippen LogP contribution in [0.1, 0.15) is 110 Å². The highest BCUT2D eigenvalue weighted by Gasteiger charge is 2.33. The molecular weight excluding hydrogens is 528 g/mol. The van der Waals surface area contributed by atoms with Crippen LogP contribution in [0.15, 0.2) is 24.3 Å². The Labute approximate surface area is 247 Å². The summed E-state index contributed by atoms with van der Waals surface area (Å²) in [7, 11) is 0. The number of aryl methyl sites for hydroxylation is 2. The lowest BCUT2D eigenvalue weighted by molar-refractivity contribution is 0.0519. The van der Waals surface area contributed by atoms with Crippen molar-refractivity contribution < 1.29 is 19.1 Å². The second kappa shape index (κ2) is 11.0. The molecule has 0 atom stereocenters. The first-order chi connectivity index (χ1) is 19.9. The summed E-state index contributed by atoms with van der Waals surface area (Å²) in [5, 5.41) is 0. The molecule has 3 aromatic rings. The van der Waals surface area contributed by atoms with Crippen LogP contribution < -0.4 is 0 Å². The summed E-state index contributed by atoms with van der Waals surface area (Å²) in [5.74, 6) is -0.721. The number of ether oxygens (including phenoxy) is 2. The Balaban J connectivity index is 1.98. The van der Waals surface area contributed by atoms with Crippen LogP contribution in [0, 0.1) is 0 Å². The fourth-order valence-electron chi connectivity index (χ4n) is 6.12. The highest BCUT2D eigenvalue weighted by molar-refractivity contribution is 6.00. The number of aromatic amines is 2. The Kier molecular flexibility index (Phi) is 7.77. The minimum atomic E-state index is -0.361. The molecule has 0 spiro atoms. The largest absolute Gasteiger partial charge is 0.462 e. The topological polar surface area (TPSA) is 110 Å². The molecule has 0 fully saturated rings. The van der Waals surface area contributed by atoms with Gasteiger partial charge in [0.25, 0.3) is 0 Å². The van der Waals surface area contributed by atoms with E-state index >= 15 is 0 Å². The number of hydrogen-bond acceptors (Lipinski definition) is 6. The minimum absolute atomic E-state index is 0.271. The smallest absolute Gasteiger partial charge is 0.340 e. The lowest BCUT2D eigenvalue weighted by Crippen LogP contribution is -2.15. The summed E-state index contributed by atoms with van der Waals surface area (Å²) in [4.78, 5) is 43.6. The van der Waals surface area contributed by atoms with Crippen LogP contribution in [-0.4, -0.2) is 45.1 Å². The Morgan fingerprint density at radius 2 is 1.05 bits per heavy atom. The molecule has 0 radical (unpaired) electrons. The predicted octanol–water partition coefficient (Wildman–Crippen LogP) is 6.83. The van der Waals surface area contributed by atoms with Gasteiger partial charge < -0.3 is 19.4 Å². The van der Waals surface area contributed by atoms with E-state index in [1.54, 1.807) is 0 Å². The van der Waals surface area contributed by atoms with E-state index in [1.165, 1.54) is 0 Å². The molecule has 222 valence electrons. The van der Waals surface area contributed by atoms with Crippen molar-refractivity contribution in [1.82, 2.24) is 19.9 Å². The Morgan fingerprint density at radius 3 is 1.38 bits per heavy atom. The third kappa shape index (κ3) is 5.23. The number of carbonyl (C=O) groups is 2. The number of H-pyrrole nitrogens is 2. The molecule has 2 aliphatic rings. The summed E-state index contributed by atoms with van der Waals surface area (Å²) in [6.45, 7) is 17.1. The summed E-state index contributed by atoms with van der Waals surface area (Å²) >= 11 is 0. The zero-order chi connectivity index (χ0) is 30.4. The van der Waals surface area contributed by atoms with Gasteiger partial charge in [-0.1, -0.05) is 41.5 Å². The third-order valence-corrected chi connectivity index (χ3v) is 8.42. The molecule has 2 aliphatic heterocycles. The zero-order valence-electron chi connectivity index (χ0n) is 26.1. The first-order valence-corrected chi connectivity index (χ1v) is 15.0. The summed E-state index contributed by atoms with van der Waals surface area (Å²) in [6.07, 6.45) is 2.90. The van der Waals surface area contributed by atoms with E-state index in [9.17, 15) is 9.59 Å². The third-order valence-electron chi connectivity index (χ3n) is 8.42. The van der Waals surface area contributed by atoms with E-state index in [0.717, 1.165) is 70.6 Å². The molecule has 2 N–H and O–H groups in total. The van der Waals surface area contributed by atoms with Crippen LogP contribution in [0.25, 0.3) is 22.1 Å².